The standard InChI is InChI=1S/C27H29FN4O5S/c1-19-6-10-22(11-7-19)30-27(34)31-14-15-32(38(35,36)24-12-8-21(28)9-13-24)25(18-31)26(33)29-17-20-4-3-5-23(16-20)37-2/h3-13,16,25H,14-15,17-18H2,1-2H3,(H,29,33)(H,30,34). The Morgan fingerprint density at radius 2 is 1.74 bits per heavy atom. The van der Waals surface area contributed by atoms with Crippen LogP contribution in [0.5, 0.6) is 5.75 Å². The lowest BCUT2D eigenvalue weighted by atomic mass is 10.1. The topological polar surface area (TPSA) is 108 Å². The molecular weight excluding hydrogens is 511 g/mol. The van der Waals surface area contributed by atoms with Crippen molar-refractivity contribution in [3.05, 3.63) is 89.7 Å². The van der Waals surface area contributed by atoms with Crippen LogP contribution in [0.1, 0.15) is 11.1 Å². The SMILES string of the molecule is COc1cccc(CNC(=O)C2CN(C(=O)Nc3ccc(C)cc3)CCN2S(=O)(=O)c2ccc(F)cc2)c1. The summed E-state index contributed by atoms with van der Waals surface area (Å²) in [5.41, 5.74) is 2.38. The Bertz CT molecular complexity index is 1400. The molecule has 0 bridgehead atoms. The number of amides is 3. The average molecular weight is 541 g/mol. The molecule has 1 unspecified atom stereocenters. The van der Waals surface area contributed by atoms with Gasteiger partial charge in [-0.25, -0.2) is 17.6 Å². The number of rotatable bonds is 7. The van der Waals surface area contributed by atoms with E-state index in [1.165, 1.54) is 12.0 Å². The van der Waals surface area contributed by atoms with Crippen molar-refractivity contribution < 1.29 is 27.1 Å². The smallest absolute Gasteiger partial charge is 0.321 e. The number of carbonyl (C=O) groups is 2. The molecule has 1 atom stereocenters. The number of carbonyl (C=O) groups excluding carboxylic acids is 2. The van der Waals surface area contributed by atoms with E-state index in [1.54, 1.807) is 36.4 Å². The maximum atomic E-state index is 13.5. The molecule has 2 N–H and O–H groups in total. The zero-order valence-electron chi connectivity index (χ0n) is 21.1. The van der Waals surface area contributed by atoms with Crippen LogP contribution in [0.25, 0.3) is 0 Å². The Morgan fingerprint density at radius 1 is 1.03 bits per heavy atom. The molecule has 3 aromatic rings. The van der Waals surface area contributed by atoms with Crippen LogP contribution in [0.2, 0.25) is 0 Å². The number of urea groups is 1. The quantitative estimate of drug-likeness (QED) is 0.478. The van der Waals surface area contributed by atoms with Crippen molar-refractivity contribution in [1.82, 2.24) is 14.5 Å². The molecule has 3 aromatic carbocycles. The number of ether oxygens (including phenoxy) is 1. The second-order valence-electron chi connectivity index (χ2n) is 8.90. The molecule has 0 aliphatic carbocycles. The molecule has 0 saturated carbocycles. The van der Waals surface area contributed by atoms with E-state index in [4.69, 9.17) is 4.74 Å². The maximum Gasteiger partial charge on any atom is 0.321 e. The van der Waals surface area contributed by atoms with Crippen molar-refractivity contribution in [2.45, 2.75) is 24.4 Å². The number of anilines is 1. The van der Waals surface area contributed by atoms with Crippen LogP contribution in [0, 0.1) is 12.7 Å². The number of nitrogens with zero attached hydrogens (tertiary/aromatic N) is 2. The Hall–Kier alpha value is -3.96. The van der Waals surface area contributed by atoms with Crippen molar-refractivity contribution in [2.24, 2.45) is 0 Å². The molecule has 1 saturated heterocycles. The van der Waals surface area contributed by atoms with Gasteiger partial charge in [-0.1, -0.05) is 29.8 Å². The van der Waals surface area contributed by atoms with E-state index < -0.39 is 33.8 Å². The van der Waals surface area contributed by atoms with Gasteiger partial charge in [0.25, 0.3) is 0 Å². The number of methoxy groups -OCH3 is 1. The van der Waals surface area contributed by atoms with Gasteiger partial charge in [-0.15, -0.1) is 0 Å². The monoisotopic (exact) mass is 540 g/mol. The van der Waals surface area contributed by atoms with Gasteiger partial charge in [-0.05, 0) is 61.0 Å². The summed E-state index contributed by atoms with van der Waals surface area (Å²) in [4.78, 5) is 27.6. The fourth-order valence-electron chi connectivity index (χ4n) is 4.12. The molecule has 1 heterocycles. The maximum absolute atomic E-state index is 13.5. The van der Waals surface area contributed by atoms with Crippen LogP contribution in [0.3, 0.4) is 0 Å². The third-order valence-electron chi connectivity index (χ3n) is 6.25. The van der Waals surface area contributed by atoms with Gasteiger partial charge in [0, 0.05) is 31.9 Å². The van der Waals surface area contributed by atoms with Gasteiger partial charge < -0.3 is 20.3 Å². The molecule has 3 amide bonds. The number of halogens is 1. The lowest BCUT2D eigenvalue weighted by Crippen LogP contribution is -2.61. The summed E-state index contributed by atoms with van der Waals surface area (Å²) in [7, 11) is -2.62. The Kier molecular flexibility index (Phi) is 8.28. The minimum absolute atomic E-state index is 0.0672. The van der Waals surface area contributed by atoms with Crippen LogP contribution in [0.4, 0.5) is 14.9 Å². The highest BCUT2D eigenvalue weighted by molar-refractivity contribution is 7.89. The number of hydrogen-bond donors (Lipinski definition) is 2. The first-order valence-electron chi connectivity index (χ1n) is 12.0. The van der Waals surface area contributed by atoms with Crippen molar-refractivity contribution in [2.75, 3.05) is 32.1 Å². The van der Waals surface area contributed by atoms with Gasteiger partial charge in [0.05, 0.1) is 12.0 Å². The summed E-state index contributed by atoms with van der Waals surface area (Å²) < 4.78 is 46.6. The Morgan fingerprint density at radius 3 is 2.42 bits per heavy atom. The highest BCUT2D eigenvalue weighted by Crippen LogP contribution is 2.23. The van der Waals surface area contributed by atoms with E-state index >= 15 is 0 Å². The summed E-state index contributed by atoms with van der Waals surface area (Å²) in [5, 5.41) is 5.57. The number of hydrogen-bond acceptors (Lipinski definition) is 5. The third-order valence-corrected chi connectivity index (χ3v) is 8.17. The largest absolute Gasteiger partial charge is 0.497 e. The first-order chi connectivity index (χ1) is 18.2. The number of piperazine rings is 1. The van der Waals surface area contributed by atoms with Crippen molar-refractivity contribution >= 4 is 27.6 Å². The van der Waals surface area contributed by atoms with E-state index in [0.29, 0.717) is 11.4 Å². The normalized spacial score (nSPS) is 16.1. The molecule has 0 radical (unpaired) electrons. The summed E-state index contributed by atoms with van der Waals surface area (Å²) in [5.74, 6) is -0.519. The van der Waals surface area contributed by atoms with Gasteiger partial charge in [0.15, 0.2) is 0 Å². The molecule has 4 rings (SSSR count). The predicted molar refractivity (Wildman–Crippen MR) is 141 cm³/mol. The van der Waals surface area contributed by atoms with Gasteiger partial charge in [-0.2, -0.15) is 4.31 Å². The number of nitrogens with one attached hydrogen (secondary N) is 2. The van der Waals surface area contributed by atoms with E-state index in [1.807, 2.05) is 19.1 Å². The minimum atomic E-state index is -4.15. The second-order valence-corrected chi connectivity index (χ2v) is 10.8. The summed E-state index contributed by atoms with van der Waals surface area (Å²) >= 11 is 0. The molecule has 38 heavy (non-hydrogen) atoms. The lowest BCUT2D eigenvalue weighted by molar-refractivity contribution is -0.126. The van der Waals surface area contributed by atoms with E-state index in [9.17, 15) is 22.4 Å². The fourth-order valence-corrected chi connectivity index (χ4v) is 5.69. The number of sulfonamides is 1. The lowest BCUT2D eigenvalue weighted by Gasteiger charge is -2.39. The highest BCUT2D eigenvalue weighted by atomic mass is 32.2. The van der Waals surface area contributed by atoms with Crippen LogP contribution in [-0.2, 0) is 21.4 Å². The fraction of sp³-hybridized carbons (Fsp3) is 0.259. The van der Waals surface area contributed by atoms with Crippen LogP contribution in [-0.4, -0.2) is 62.3 Å². The van der Waals surface area contributed by atoms with Crippen LogP contribution in [0.15, 0.2) is 77.7 Å². The van der Waals surface area contributed by atoms with Crippen LogP contribution >= 0.6 is 0 Å². The van der Waals surface area contributed by atoms with E-state index in [-0.39, 0.29) is 31.1 Å². The van der Waals surface area contributed by atoms with Crippen molar-refractivity contribution in [3.8, 4) is 5.75 Å². The zero-order chi connectivity index (χ0) is 27.3. The van der Waals surface area contributed by atoms with Crippen molar-refractivity contribution in [1.29, 1.82) is 0 Å². The molecule has 9 nitrogen and oxygen atoms in total. The summed E-state index contributed by atoms with van der Waals surface area (Å²) in [6.45, 7) is 1.85. The zero-order valence-corrected chi connectivity index (χ0v) is 21.9. The highest BCUT2D eigenvalue weighted by Gasteiger charge is 2.41. The van der Waals surface area contributed by atoms with Crippen molar-refractivity contribution in [3.63, 3.8) is 0 Å². The number of aryl methyl sites for hydroxylation is 1. The van der Waals surface area contributed by atoms with E-state index in [2.05, 4.69) is 10.6 Å². The number of benzene rings is 3. The molecular formula is C27H29FN4O5S. The van der Waals surface area contributed by atoms with Gasteiger partial charge in [-0.3, -0.25) is 4.79 Å². The van der Waals surface area contributed by atoms with Gasteiger partial charge in [0.2, 0.25) is 15.9 Å². The third kappa shape index (κ3) is 6.29. The molecule has 0 aromatic heterocycles. The molecule has 1 fully saturated rings. The molecule has 0 spiro atoms. The Labute approximate surface area is 221 Å². The predicted octanol–water partition coefficient (Wildman–Crippen LogP) is 3.37. The molecule has 11 heteroatoms. The molecule has 200 valence electrons. The Balaban J connectivity index is 1.55. The van der Waals surface area contributed by atoms with E-state index in [0.717, 1.165) is 39.7 Å². The molecule has 1 aliphatic rings. The summed E-state index contributed by atoms with van der Waals surface area (Å²) in [6, 6.07) is 17.1. The average Bonchev–Trinajstić information content (AvgIpc) is 2.93. The van der Waals surface area contributed by atoms with Gasteiger partial charge >= 0.3 is 6.03 Å². The molecule has 1 aliphatic heterocycles. The second kappa shape index (κ2) is 11.6. The van der Waals surface area contributed by atoms with Crippen LogP contribution < -0.4 is 15.4 Å². The van der Waals surface area contributed by atoms with Gasteiger partial charge in [0.1, 0.15) is 17.6 Å². The first-order valence-corrected chi connectivity index (χ1v) is 13.4. The first kappa shape index (κ1) is 27.1. The minimum Gasteiger partial charge on any atom is -0.497 e. The summed E-state index contributed by atoms with van der Waals surface area (Å²) in [6.07, 6.45) is 0.